The van der Waals surface area contributed by atoms with Gasteiger partial charge in [0.05, 0.1) is 13.2 Å². The van der Waals surface area contributed by atoms with Gasteiger partial charge in [-0.25, -0.2) is 0 Å². The highest BCUT2D eigenvalue weighted by Crippen LogP contribution is 2.25. The van der Waals surface area contributed by atoms with Crippen LogP contribution in [0.5, 0.6) is 11.5 Å². The number of ether oxygens (including phenoxy) is 2. The van der Waals surface area contributed by atoms with E-state index in [2.05, 4.69) is 5.32 Å². The Morgan fingerprint density at radius 1 is 1.09 bits per heavy atom. The van der Waals surface area contributed by atoms with E-state index >= 15 is 0 Å². The van der Waals surface area contributed by atoms with Crippen LogP contribution >= 0.6 is 0 Å². The predicted molar refractivity (Wildman–Crippen MR) is 91.0 cm³/mol. The lowest BCUT2D eigenvalue weighted by molar-refractivity contribution is -0.123. The fraction of sp³-hybridized carbons (Fsp3) is 0.316. The molecule has 0 spiro atoms. The zero-order chi connectivity index (χ0) is 16.8. The van der Waals surface area contributed by atoms with Crippen molar-refractivity contribution in [2.45, 2.75) is 26.8 Å². The van der Waals surface area contributed by atoms with Crippen molar-refractivity contribution in [2.24, 2.45) is 0 Å². The number of para-hydroxylation sites is 2. The first-order chi connectivity index (χ1) is 11.0. The largest absolute Gasteiger partial charge is 0.496 e. The number of carbonyl (C=O) groups excluding carboxylic acids is 1. The number of nitrogens with one attached hydrogen (secondary N) is 1. The maximum Gasteiger partial charge on any atom is 0.258 e. The van der Waals surface area contributed by atoms with Crippen molar-refractivity contribution in [3.05, 3.63) is 59.2 Å². The Morgan fingerprint density at radius 3 is 2.39 bits per heavy atom. The average Bonchev–Trinajstić information content (AvgIpc) is 2.54. The van der Waals surface area contributed by atoms with Gasteiger partial charge in [0.1, 0.15) is 11.5 Å². The molecule has 0 heterocycles. The highest BCUT2D eigenvalue weighted by Gasteiger charge is 2.14. The van der Waals surface area contributed by atoms with Gasteiger partial charge in [-0.2, -0.15) is 0 Å². The van der Waals surface area contributed by atoms with Crippen LogP contribution in [0.15, 0.2) is 42.5 Å². The van der Waals surface area contributed by atoms with Gasteiger partial charge in [-0.05, 0) is 38.0 Å². The summed E-state index contributed by atoms with van der Waals surface area (Å²) in [6.07, 6.45) is 0. The van der Waals surface area contributed by atoms with Crippen molar-refractivity contribution in [1.82, 2.24) is 5.32 Å². The van der Waals surface area contributed by atoms with E-state index in [4.69, 9.17) is 9.47 Å². The van der Waals surface area contributed by atoms with E-state index in [0.717, 1.165) is 28.2 Å². The van der Waals surface area contributed by atoms with Gasteiger partial charge in [0.15, 0.2) is 6.61 Å². The average molecular weight is 313 g/mol. The number of hydrogen-bond acceptors (Lipinski definition) is 3. The van der Waals surface area contributed by atoms with Crippen molar-refractivity contribution >= 4 is 5.91 Å². The third-order valence-corrected chi connectivity index (χ3v) is 3.74. The Kier molecular flexibility index (Phi) is 5.63. The molecule has 4 nitrogen and oxygen atoms in total. The molecule has 2 rings (SSSR count). The molecule has 0 aliphatic heterocycles. The van der Waals surface area contributed by atoms with Crippen molar-refractivity contribution in [1.29, 1.82) is 0 Å². The zero-order valence-electron chi connectivity index (χ0n) is 14.1. The first kappa shape index (κ1) is 16.9. The second-order valence-electron chi connectivity index (χ2n) is 5.54. The van der Waals surface area contributed by atoms with E-state index < -0.39 is 0 Å². The number of benzene rings is 2. The number of carbonyl (C=O) groups is 1. The van der Waals surface area contributed by atoms with Gasteiger partial charge in [0.2, 0.25) is 0 Å². The summed E-state index contributed by atoms with van der Waals surface area (Å²) in [5, 5.41) is 2.94. The summed E-state index contributed by atoms with van der Waals surface area (Å²) in [6, 6.07) is 13.4. The number of amides is 1. The number of aryl methyl sites for hydroxylation is 2. The normalized spacial score (nSPS) is 11.7. The highest BCUT2D eigenvalue weighted by atomic mass is 16.5. The van der Waals surface area contributed by atoms with Gasteiger partial charge in [-0.1, -0.05) is 36.4 Å². The van der Waals surface area contributed by atoms with Crippen LogP contribution in [0.1, 0.15) is 29.7 Å². The standard InChI is InChI=1S/C19H23NO3/c1-13-8-7-9-14(2)19(13)23-12-18(21)20-15(3)16-10-5-6-11-17(16)22-4/h5-11,15H,12H2,1-4H3,(H,20,21). The summed E-state index contributed by atoms with van der Waals surface area (Å²) < 4.78 is 11.0. The molecular weight excluding hydrogens is 290 g/mol. The Labute approximate surface area is 137 Å². The van der Waals surface area contributed by atoms with E-state index in [1.165, 1.54) is 0 Å². The molecule has 2 aromatic carbocycles. The minimum Gasteiger partial charge on any atom is -0.496 e. The molecule has 4 heteroatoms. The highest BCUT2D eigenvalue weighted by molar-refractivity contribution is 5.78. The molecule has 0 aromatic heterocycles. The lowest BCUT2D eigenvalue weighted by Crippen LogP contribution is -2.31. The molecule has 2 aromatic rings. The van der Waals surface area contributed by atoms with E-state index in [9.17, 15) is 4.79 Å². The van der Waals surface area contributed by atoms with E-state index in [1.807, 2.05) is 63.2 Å². The SMILES string of the molecule is COc1ccccc1C(C)NC(=O)COc1c(C)cccc1C. The van der Waals surface area contributed by atoms with Crippen LogP contribution < -0.4 is 14.8 Å². The van der Waals surface area contributed by atoms with Crippen molar-refractivity contribution in [3.63, 3.8) is 0 Å². The van der Waals surface area contributed by atoms with Gasteiger partial charge >= 0.3 is 0 Å². The fourth-order valence-corrected chi connectivity index (χ4v) is 2.55. The first-order valence-corrected chi connectivity index (χ1v) is 7.64. The van der Waals surface area contributed by atoms with Gasteiger partial charge in [-0.3, -0.25) is 4.79 Å². The Morgan fingerprint density at radius 2 is 1.74 bits per heavy atom. The van der Waals surface area contributed by atoms with E-state index in [1.54, 1.807) is 7.11 Å². The zero-order valence-corrected chi connectivity index (χ0v) is 14.1. The maximum absolute atomic E-state index is 12.1. The second kappa shape index (κ2) is 7.68. The second-order valence-corrected chi connectivity index (χ2v) is 5.54. The number of hydrogen-bond donors (Lipinski definition) is 1. The van der Waals surface area contributed by atoms with Crippen LogP contribution in [0, 0.1) is 13.8 Å². The Hall–Kier alpha value is -2.49. The molecule has 0 saturated carbocycles. The molecule has 0 bridgehead atoms. The van der Waals surface area contributed by atoms with E-state index in [-0.39, 0.29) is 18.6 Å². The van der Waals surface area contributed by atoms with Crippen LogP contribution in [-0.4, -0.2) is 19.6 Å². The third kappa shape index (κ3) is 4.25. The monoisotopic (exact) mass is 313 g/mol. The summed E-state index contributed by atoms with van der Waals surface area (Å²) in [4.78, 5) is 12.1. The van der Waals surface area contributed by atoms with Gasteiger partial charge in [-0.15, -0.1) is 0 Å². The molecule has 0 aliphatic rings. The minimum absolute atomic E-state index is 0.00875. The van der Waals surface area contributed by atoms with Crippen molar-refractivity contribution in [2.75, 3.05) is 13.7 Å². The predicted octanol–water partition coefficient (Wildman–Crippen LogP) is 3.57. The fourth-order valence-electron chi connectivity index (χ4n) is 2.55. The van der Waals surface area contributed by atoms with Crippen LogP contribution in [0.25, 0.3) is 0 Å². The number of methoxy groups -OCH3 is 1. The van der Waals surface area contributed by atoms with Crippen LogP contribution in [-0.2, 0) is 4.79 Å². The molecule has 23 heavy (non-hydrogen) atoms. The first-order valence-electron chi connectivity index (χ1n) is 7.64. The molecule has 1 amide bonds. The summed E-state index contributed by atoms with van der Waals surface area (Å²) in [7, 11) is 1.62. The van der Waals surface area contributed by atoms with Gasteiger partial charge in [0, 0.05) is 5.56 Å². The van der Waals surface area contributed by atoms with Gasteiger partial charge in [0.25, 0.3) is 5.91 Å². The van der Waals surface area contributed by atoms with Crippen molar-refractivity contribution in [3.8, 4) is 11.5 Å². The van der Waals surface area contributed by atoms with Crippen LogP contribution in [0.2, 0.25) is 0 Å². The summed E-state index contributed by atoms with van der Waals surface area (Å²) in [6.45, 7) is 5.86. The summed E-state index contributed by atoms with van der Waals surface area (Å²) in [5.74, 6) is 1.37. The molecule has 0 radical (unpaired) electrons. The maximum atomic E-state index is 12.1. The van der Waals surface area contributed by atoms with Gasteiger partial charge < -0.3 is 14.8 Å². The Bertz CT molecular complexity index is 662. The molecule has 0 saturated heterocycles. The van der Waals surface area contributed by atoms with Crippen LogP contribution in [0.4, 0.5) is 0 Å². The summed E-state index contributed by atoms with van der Waals surface area (Å²) >= 11 is 0. The minimum atomic E-state index is -0.161. The smallest absolute Gasteiger partial charge is 0.258 e. The lowest BCUT2D eigenvalue weighted by atomic mass is 10.1. The van der Waals surface area contributed by atoms with Crippen LogP contribution in [0.3, 0.4) is 0 Å². The molecule has 1 N–H and O–H groups in total. The summed E-state index contributed by atoms with van der Waals surface area (Å²) in [5.41, 5.74) is 2.99. The quantitative estimate of drug-likeness (QED) is 0.887. The third-order valence-electron chi connectivity index (χ3n) is 3.74. The molecule has 1 atom stereocenters. The number of rotatable bonds is 6. The topological polar surface area (TPSA) is 47.6 Å². The molecule has 122 valence electrons. The van der Waals surface area contributed by atoms with Crippen molar-refractivity contribution < 1.29 is 14.3 Å². The molecule has 0 fully saturated rings. The molecular formula is C19H23NO3. The molecule has 1 unspecified atom stereocenters. The Balaban J connectivity index is 1.97. The molecule has 0 aliphatic carbocycles. The van der Waals surface area contributed by atoms with E-state index in [0.29, 0.717) is 0 Å². The lowest BCUT2D eigenvalue weighted by Gasteiger charge is -2.18.